The van der Waals surface area contributed by atoms with Crippen LogP contribution in [0.3, 0.4) is 0 Å². The van der Waals surface area contributed by atoms with E-state index < -0.39 is 0 Å². The molecule has 0 saturated carbocycles. The lowest BCUT2D eigenvalue weighted by atomic mass is 9.98. The van der Waals surface area contributed by atoms with E-state index in [-0.39, 0.29) is 17.2 Å². The van der Waals surface area contributed by atoms with Crippen molar-refractivity contribution in [1.29, 1.82) is 0 Å². The van der Waals surface area contributed by atoms with Crippen LogP contribution in [0.4, 0.5) is 11.4 Å². The average molecular weight is 412 g/mol. The summed E-state index contributed by atoms with van der Waals surface area (Å²) in [6.45, 7) is 2.12. The first kappa shape index (κ1) is 19.4. The number of aromatic amines is 1. The number of carbonyl (C=O) groups is 1. The van der Waals surface area contributed by atoms with Crippen LogP contribution in [0, 0.1) is 0 Å². The minimum atomic E-state index is -0.315. The number of benzene rings is 2. The molecule has 5 rings (SSSR count). The van der Waals surface area contributed by atoms with Crippen molar-refractivity contribution in [3.8, 4) is 11.1 Å². The zero-order valence-corrected chi connectivity index (χ0v) is 17.4. The fourth-order valence-electron chi connectivity index (χ4n) is 4.45. The molecule has 1 amide bonds. The van der Waals surface area contributed by atoms with Gasteiger partial charge in [-0.2, -0.15) is 0 Å². The van der Waals surface area contributed by atoms with Crippen molar-refractivity contribution in [1.82, 2.24) is 4.98 Å². The zero-order chi connectivity index (χ0) is 21.2. The van der Waals surface area contributed by atoms with E-state index >= 15 is 0 Å². The number of carbonyl (C=O) groups excluding carboxylic acids is 1. The number of rotatable bonds is 4. The lowest BCUT2D eigenvalue weighted by molar-refractivity contribution is 0.102. The Morgan fingerprint density at radius 1 is 1.00 bits per heavy atom. The number of hydrogen-bond acceptors (Lipinski definition) is 3. The maximum atomic E-state index is 12.8. The highest BCUT2D eigenvalue weighted by atomic mass is 16.2. The lowest BCUT2D eigenvalue weighted by Gasteiger charge is -2.28. The van der Waals surface area contributed by atoms with Crippen molar-refractivity contribution < 1.29 is 4.79 Å². The monoisotopic (exact) mass is 411 g/mol. The van der Waals surface area contributed by atoms with Gasteiger partial charge in [0.1, 0.15) is 5.69 Å². The van der Waals surface area contributed by atoms with E-state index in [1.807, 2.05) is 36.4 Å². The molecule has 2 aliphatic rings. The van der Waals surface area contributed by atoms with Gasteiger partial charge in [-0.3, -0.25) is 9.59 Å². The predicted octanol–water partition coefficient (Wildman–Crippen LogP) is 4.85. The van der Waals surface area contributed by atoms with Gasteiger partial charge in [0.05, 0.1) is 0 Å². The summed E-state index contributed by atoms with van der Waals surface area (Å²) >= 11 is 0. The molecule has 0 spiro atoms. The molecule has 0 atom stereocenters. The highest BCUT2D eigenvalue weighted by molar-refractivity contribution is 6.04. The van der Waals surface area contributed by atoms with Crippen molar-refractivity contribution in [2.75, 3.05) is 23.3 Å². The maximum absolute atomic E-state index is 12.8. The molecule has 3 aromatic rings. The standard InChI is InChI=1S/C26H25N3O2/c30-25(19-10-12-21(13-11-19)29-14-2-1-3-15-29)28-24-16-20(17-27-26(24)31)23-9-5-7-18-6-4-8-22(18)23/h4-5,7-13,16-17H,1-3,6,14-15H2,(H,27,31)(H,28,30). The average Bonchev–Trinajstić information content (AvgIpc) is 3.30. The molecule has 1 saturated heterocycles. The fourth-order valence-corrected chi connectivity index (χ4v) is 4.45. The first-order valence-electron chi connectivity index (χ1n) is 10.9. The molecule has 1 aliphatic heterocycles. The number of pyridine rings is 1. The van der Waals surface area contributed by atoms with Crippen LogP contribution < -0.4 is 15.8 Å². The van der Waals surface area contributed by atoms with Crippen molar-refractivity contribution in [3.63, 3.8) is 0 Å². The maximum Gasteiger partial charge on any atom is 0.271 e. The SMILES string of the molecule is O=C(Nc1cc(-c2cccc3c2C=CC3)c[nH]c1=O)c1ccc(N2CCCCC2)cc1. The van der Waals surface area contributed by atoms with Crippen LogP contribution in [-0.2, 0) is 6.42 Å². The van der Waals surface area contributed by atoms with Gasteiger partial charge in [-0.1, -0.05) is 30.4 Å². The number of fused-ring (bicyclic) bond motifs is 1. The van der Waals surface area contributed by atoms with Gasteiger partial charge in [0.2, 0.25) is 0 Å². The fraction of sp³-hybridized carbons (Fsp3) is 0.231. The number of hydrogen-bond donors (Lipinski definition) is 2. The van der Waals surface area contributed by atoms with Crippen LogP contribution in [0.2, 0.25) is 0 Å². The van der Waals surface area contributed by atoms with Gasteiger partial charge in [0, 0.05) is 36.1 Å². The molecule has 31 heavy (non-hydrogen) atoms. The second-order valence-electron chi connectivity index (χ2n) is 8.16. The lowest BCUT2D eigenvalue weighted by Crippen LogP contribution is -2.29. The van der Waals surface area contributed by atoms with Gasteiger partial charge in [0.25, 0.3) is 11.5 Å². The summed E-state index contributed by atoms with van der Waals surface area (Å²) in [6.07, 6.45) is 10.6. The largest absolute Gasteiger partial charge is 0.372 e. The molecule has 5 nitrogen and oxygen atoms in total. The quantitative estimate of drug-likeness (QED) is 0.645. The predicted molar refractivity (Wildman–Crippen MR) is 126 cm³/mol. The highest BCUT2D eigenvalue weighted by Gasteiger charge is 2.15. The Morgan fingerprint density at radius 2 is 1.81 bits per heavy atom. The number of H-pyrrole nitrogens is 1. The van der Waals surface area contributed by atoms with Crippen LogP contribution >= 0.6 is 0 Å². The number of anilines is 2. The Labute approximate surface area is 181 Å². The molecule has 1 aromatic heterocycles. The van der Waals surface area contributed by atoms with E-state index in [1.54, 1.807) is 12.3 Å². The summed E-state index contributed by atoms with van der Waals surface area (Å²) in [5.74, 6) is -0.286. The minimum Gasteiger partial charge on any atom is -0.372 e. The Morgan fingerprint density at radius 3 is 2.61 bits per heavy atom. The molecule has 2 heterocycles. The molecule has 2 aromatic carbocycles. The first-order chi connectivity index (χ1) is 15.2. The third kappa shape index (κ3) is 3.91. The van der Waals surface area contributed by atoms with Crippen LogP contribution in [0.15, 0.2) is 65.6 Å². The van der Waals surface area contributed by atoms with Crippen molar-refractivity contribution in [2.24, 2.45) is 0 Å². The summed E-state index contributed by atoms with van der Waals surface area (Å²) in [4.78, 5) is 30.3. The second kappa shape index (κ2) is 8.26. The van der Waals surface area contributed by atoms with E-state index in [1.165, 1.54) is 30.4 Å². The summed E-state index contributed by atoms with van der Waals surface area (Å²) in [6, 6.07) is 15.5. The Hall–Kier alpha value is -3.60. The van der Waals surface area contributed by atoms with Gasteiger partial charge >= 0.3 is 0 Å². The summed E-state index contributed by atoms with van der Waals surface area (Å²) in [5.41, 5.74) is 5.97. The van der Waals surface area contributed by atoms with E-state index in [4.69, 9.17) is 0 Å². The summed E-state index contributed by atoms with van der Waals surface area (Å²) < 4.78 is 0. The molecular weight excluding hydrogens is 386 g/mol. The Balaban J connectivity index is 1.37. The highest BCUT2D eigenvalue weighted by Crippen LogP contribution is 2.31. The Bertz CT molecular complexity index is 1200. The number of nitrogens with zero attached hydrogens (tertiary/aromatic N) is 1. The molecule has 1 aliphatic carbocycles. The molecule has 0 bridgehead atoms. The molecule has 0 radical (unpaired) electrons. The second-order valence-corrected chi connectivity index (χ2v) is 8.16. The molecule has 156 valence electrons. The van der Waals surface area contributed by atoms with Gasteiger partial charge in [0.15, 0.2) is 0 Å². The van der Waals surface area contributed by atoms with E-state index in [0.29, 0.717) is 5.56 Å². The van der Waals surface area contributed by atoms with E-state index in [9.17, 15) is 9.59 Å². The topological polar surface area (TPSA) is 65.2 Å². The van der Waals surface area contributed by atoms with Gasteiger partial charge < -0.3 is 15.2 Å². The third-order valence-electron chi connectivity index (χ3n) is 6.13. The van der Waals surface area contributed by atoms with Gasteiger partial charge in [-0.05, 0) is 72.7 Å². The normalized spacial score (nSPS) is 15.0. The minimum absolute atomic E-state index is 0.252. The van der Waals surface area contributed by atoms with Crippen molar-refractivity contribution >= 4 is 23.4 Å². The van der Waals surface area contributed by atoms with Crippen molar-refractivity contribution in [3.05, 3.63) is 87.8 Å². The van der Waals surface area contributed by atoms with Crippen LogP contribution in [-0.4, -0.2) is 24.0 Å². The number of piperidine rings is 1. The number of allylic oxidation sites excluding steroid dienone is 1. The summed E-state index contributed by atoms with van der Waals surface area (Å²) in [7, 11) is 0. The van der Waals surface area contributed by atoms with Crippen LogP contribution in [0.1, 0.15) is 40.7 Å². The molecular formula is C26H25N3O2. The first-order valence-corrected chi connectivity index (χ1v) is 10.9. The smallest absolute Gasteiger partial charge is 0.271 e. The van der Waals surface area contributed by atoms with E-state index in [0.717, 1.165) is 36.3 Å². The van der Waals surface area contributed by atoms with Gasteiger partial charge in [-0.25, -0.2) is 0 Å². The van der Waals surface area contributed by atoms with E-state index in [2.05, 4.69) is 33.4 Å². The summed E-state index contributed by atoms with van der Waals surface area (Å²) in [5, 5.41) is 2.79. The molecule has 2 N–H and O–H groups in total. The third-order valence-corrected chi connectivity index (χ3v) is 6.13. The van der Waals surface area contributed by atoms with Crippen LogP contribution in [0.25, 0.3) is 17.2 Å². The van der Waals surface area contributed by atoms with Gasteiger partial charge in [-0.15, -0.1) is 0 Å². The van der Waals surface area contributed by atoms with Crippen LogP contribution in [0.5, 0.6) is 0 Å². The number of nitrogens with one attached hydrogen (secondary N) is 2. The molecule has 1 fully saturated rings. The molecule has 0 unspecified atom stereocenters. The Kier molecular flexibility index (Phi) is 5.16. The van der Waals surface area contributed by atoms with Crippen molar-refractivity contribution in [2.45, 2.75) is 25.7 Å². The zero-order valence-electron chi connectivity index (χ0n) is 17.4. The number of amides is 1. The molecule has 5 heteroatoms. The number of aromatic nitrogens is 1.